The van der Waals surface area contributed by atoms with Crippen LogP contribution in [0.4, 0.5) is 17.2 Å². The van der Waals surface area contributed by atoms with Gasteiger partial charge in [0.15, 0.2) is 0 Å². The normalized spacial score (nSPS) is 10.7. The van der Waals surface area contributed by atoms with Crippen LogP contribution in [0.15, 0.2) is 91.3 Å². The lowest BCUT2D eigenvalue weighted by Gasteiger charge is -2.11. The van der Waals surface area contributed by atoms with E-state index in [1.54, 1.807) is 25.1 Å². The molecule has 0 unspecified atom stereocenters. The quantitative estimate of drug-likeness (QED) is 0.278. The first-order chi connectivity index (χ1) is 16.6. The van der Waals surface area contributed by atoms with Crippen LogP contribution in [0.3, 0.4) is 0 Å². The second kappa shape index (κ2) is 10.7. The fourth-order valence-electron chi connectivity index (χ4n) is 3.12. The number of nitrogens with zero attached hydrogens (tertiary/aromatic N) is 2. The molecule has 8 nitrogen and oxygen atoms in total. The first kappa shape index (κ1) is 22.5. The SMILES string of the molecule is CCOC(=O)C=CC(=O)Nc1ccc2ncnc(Nc3ccc(Oc4ccccc4)cc3)c2c1. The first-order valence-corrected chi connectivity index (χ1v) is 10.6. The molecule has 0 atom stereocenters. The molecular formula is C26H22N4O4. The minimum Gasteiger partial charge on any atom is -0.463 e. The average molecular weight is 454 g/mol. The monoisotopic (exact) mass is 454 g/mol. The lowest BCUT2D eigenvalue weighted by atomic mass is 10.2. The largest absolute Gasteiger partial charge is 0.463 e. The van der Waals surface area contributed by atoms with Gasteiger partial charge in [0.2, 0.25) is 5.91 Å². The molecule has 34 heavy (non-hydrogen) atoms. The standard InChI is InChI=1S/C26H22N4O4/c1-2-33-25(32)15-14-24(31)29-19-10-13-23-22(16-19)26(28-17-27-23)30-18-8-11-21(12-9-18)34-20-6-4-3-5-7-20/h3-17H,2H2,1H3,(H,29,31)(H,27,28,30). The zero-order valence-corrected chi connectivity index (χ0v) is 18.4. The molecule has 0 bridgehead atoms. The summed E-state index contributed by atoms with van der Waals surface area (Å²) in [5, 5.41) is 6.72. The number of para-hydroxylation sites is 1. The molecule has 8 heteroatoms. The van der Waals surface area contributed by atoms with Crippen molar-refractivity contribution in [1.82, 2.24) is 9.97 Å². The third-order valence-electron chi connectivity index (χ3n) is 4.66. The highest BCUT2D eigenvalue weighted by Gasteiger charge is 2.08. The number of hydrogen-bond donors (Lipinski definition) is 2. The summed E-state index contributed by atoms with van der Waals surface area (Å²) in [5.74, 6) is 1.03. The van der Waals surface area contributed by atoms with E-state index in [0.29, 0.717) is 22.8 Å². The number of nitrogens with one attached hydrogen (secondary N) is 2. The van der Waals surface area contributed by atoms with Crippen molar-refractivity contribution in [1.29, 1.82) is 0 Å². The summed E-state index contributed by atoms with van der Waals surface area (Å²) in [7, 11) is 0. The summed E-state index contributed by atoms with van der Waals surface area (Å²) < 4.78 is 10.6. The van der Waals surface area contributed by atoms with E-state index in [2.05, 4.69) is 20.6 Å². The van der Waals surface area contributed by atoms with Crippen LogP contribution >= 0.6 is 0 Å². The smallest absolute Gasteiger partial charge is 0.330 e. The Morgan fingerprint density at radius 3 is 2.38 bits per heavy atom. The van der Waals surface area contributed by atoms with E-state index in [4.69, 9.17) is 9.47 Å². The number of esters is 1. The molecule has 0 fully saturated rings. The molecule has 0 aliphatic carbocycles. The molecule has 4 rings (SSSR count). The Kier molecular flexibility index (Phi) is 7.09. The van der Waals surface area contributed by atoms with Gasteiger partial charge in [0.05, 0.1) is 12.1 Å². The fraction of sp³-hybridized carbons (Fsp3) is 0.0769. The van der Waals surface area contributed by atoms with E-state index < -0.39 is 11.9 Å². The molecule has 0 spiro atoms. The topological polar surface area (TPSA) is 102 Å². The zero-order valence-electron chi connectivity index (χ0n) is 18.4. The van der Waals surface area contributed by atoms with Crippen molar-refractivity contribution >= 4 is 40.0 Å². The van der Waals surface area contributed by atoms with E-state index in [1.165, 1.54) is 6.33 Å². The van der Waals surface area contributed by atoms with Crippen molar-refractivity contribution in [2.24, 2.45) is 0 Å². The van der Waals surface area contributed by atoms with Crippen LogP contribution in [0.2, 0.25) is 0 Å². The summed E-state index contributed by atoms with van der Waals surface area (Å²) in [5.41, 5.74) is 2.06. The summed E-state index contributed by atoms with van der Waals surface area (Å²) in [6.07, 6.45) is 3.68. The minimum absolute atomic E-state index is 0.244. The van der Waals surface area contributed by atoms with Gasteiger partial charge >= 0.3 is 5.97 Å². The highest BCUT2D eigenvalue weighted by Crippen LogP contribution is 2.28. The van der Waals surface area contributed by atoms with Gasteiger partial charge in [0.1, 0.15) is 23.6 Å². The molecule has 0 radical (unpaired) electrons. The number of ether oxygens (including phenoxy) is 2. The van der Waals surface area contributed by atoms with Crippen molar-refractivity contribution < 1.29 is 19.1 Å². The Hall–Kier alpha value is -4.72. The molecule has 2 N–H and O–H groups in total. The van der Waals surface area contributed by atoms with E-state index in [0.717, 1.165) is 29.0 Å². The predicted octanol–water partition coefficient (Wildman–Crippen LogP) is 5.22. The van der Waals surface area contributed by atoms with Gasteiger partial charge in [-0.1, -0.05) is 18.2 Å². The van der Waals surface area contributed by atoms with Gasteiger partial charge in [-0.2, -0.15) is 0 Å². The number of anilines is 3. The van der Waals surface area contributed by atoms with Crippen LogP contribution < -0.4 is 15.4 Å². The predicted molar refractivity (Wildman–Crippen MR) is 130 cm³/mol. The number of hydrogen-bond acceptors (Lipinski definition) is 7. The number of aromatic nitrogens is 2. The minimum atomic E-state index is -0.573. The maximum Gasteiger partial charge on any atom is 0.330 e. The summed E-state index contributed by atoms with van der Waals surface area (Å²) in [6.45, 7) is 1.94. The molecule has 0 saturated heterocycles. The summed E-state index contributed by atoms with van der Waals surface area (Å²) in [6, 6.07) is 22.3. The molecule has 170 valence electrons. The molecule has 4 aromatic rings. The molecule has 1 heterocycles. The van der Waals surface area contributed by atoms with E-state index in [-0.39, 0.29) is 6.61 Å². The second-order valence-electron chi connectivity index (χ2n) is 7.09. The van der Waals surface area contributed by atoms with Crippen molar-refractivity contribution in [3.05, 3.63) is 91.3 Å². The molecular weight excluding hydrogens is 432 g/mol. The summed E-state index contributed by atoms with van der Waals surface area (Å²) in [4.78, 5) is 32.2. The van der Waals surface area contributed by atoms with Crippen LogP contribution in [0, 0.1) is 0 Å². The van der Waals surface area contributed by atoms with Gasteiger partial charge in [0.25, 0.3) is 0 Å². The van der Waals surface area contributed by atoms with E-state index >= 15 is 0 Å². The Morgan fingerprint density at radius 1 is 0.882 bits per heavy atom. The molecule has 1 aromatic heterocycles. The number of carbonyl (C=O) groups excluding carboxylic acids is 2. The first-order valence-electron chi connectivity index (χ1n) is 10.6. The van der Waals surface area contributed by atoms with Gasteiger partial charge in [-0.3, -0.25) is 4.79 Å². The number of benzene rings is 3. The van der Waals surface area contributed by atoms with Crippen molar-refractivity contribution in [2.45, 2.75) is 6.92 Å². The Bertz CT molecular complexity index is 1320. The van der Waals surface area contributed by atoms with Crippen LogP contribution in [0.1, 0.15) is 6.92 Å². The second-order valence-corrected chi connectivity index (χ2v) is 7.09. The lowest BCUT2D eigenvalue weighted by Crippen LogP contribution is -2.09. The van der Waals surface area contributed by atoms with Gasteiger partial charge in [-0.25, -0.2) is 14.8 Å². The number of fused-ring (bicyclic) bond motifs is 1. The van der Waals surface area contributed by atoms with Crippen molar-refractivity contribution in [3.8, 4) is 11.5 Å². The Balaban J connectivity index is 1.48. The van der Waals surface area contributed by atoms with Gasteiger partial charge in [-0.15, -0.1) is 0 Å². The third kappa shape index (κ3) is 5.95. The fourth-order valence-corrected chi connectivity index (χ4v) is 3.12. The Morgan fingerprint density at radius 2 is 1.62 bits per heavy atom. The van der Waals surface area contributed by atoms with Gasteiger partial charge in [-0.05, 0) is 61.5 Å². The maximum atomic E-state index is 12.1. The molecule has 3 aromatic carbocycles. The molecule has 0 aliphatic rings. The van der Waals surface area contributed by atoms with Gasteiger partial charge in [0, 0.05) is 28.9 Å². The maximum absolute atomic E-state index is 12.1. The van der Waals surface area contributed by atoms with E-state index in [1.807, 2.05) is 54.6 Å². The number of carbonyl (C=O) groups is 2. The van der Waals surface area contributed by atoms with Crippen molar-refractivity contribution in [3.63, 3.8) is 0 Å². The van der Waals surface area contributed by atoms with Crippen LogP contribution in [-0.2, 0) is 14.3 Å². The molecule has 1 amide bonds. The average Bonchev–Trinajstić information content (AvgIpc) is 2.85. The van der Waals surface area contributed by atoms with Gasteiger partial charge < -0.3 is 20.1 Å². The Labute approximate surface area is 196 Å². The number of rotatable bonds is 8. The summed E-state index contributed by atoms with van der Waals surface area (Å²) >= 11 is 0. The highest BCUT2D eigenvalue weighted by molar-refractivity contribution is 6.04. The van der Waals surface area contributed by atoms with Crippen LogP contribution in [0.25, 0.3) is 10.9 Å². The van der Waals surface area contributed by atoms with Crippen LogP contribution in [0.5, 0.6) is 11.5 Å². The third-order valence-corrected chi connectivity index (χ3v) is 4.66. The zero-order chi connectivity index (χ0) is 23.8. The molecule has 0 aliphatic heterocycles. The number of amides is 1. The highest BCUT2D eigenvalue weighted by atomic mass is 16.5. The molecule has 0 saturated carbocycles. The lowest BCUT2D eigenvalue weighted by molar-refractivity contribution is -0.137. The van der Waals surface area contributed by atoms with Crippen molar-refractivity contribution in [2.75, 3.05) is 17.2 Å². The van der Waals surface area contributed by atoms with Crippen LogP contribution in [-0.4, -0.2) is 28.5 Å². The van der Waals surface area contributed by atoms with E-state index in [9.17, 15) is 9.59 Å².